The third kappa shape index (κ3) is 2.86. The molecule has 2 aromatic rings. The minimum atomic E-state index is 0.842. The van der Waals surface area contributed by atoms with Crippen LogP contribution in [0.3, 0.4) is 0 Å². The first-order valence-corrected chi connectivity index (χ1v) is 6.71. The number of hydrogen-bond acceptors (Lipinski definition) is 2. The minimum Gasteiger partial charge on any atom is -0.276 e. The molecule has 2 rings (SSSR count). The zero-order valence-corrected chi connectivity index (χ0v) is 10.5. The van der Waals surface area contributed by atoms with Crippen molar-refractivity contribution in [1.82, 2.24) is 8.96 Å². The number of benzene rings is 1. The van der Waals surface area contributed by atoms with Crippen molar-refractivity contribution >= 4 is 27.9 Å². The monoisotopic (exact) mass is 282 g/mol. The Morgan fingerprint density at radius 2 is 2.07 bits per heavy atom. The summed E-state index contributed by atoms with van der Waals surface area (Å²) in [6.07, 6.45) is 3.73. The maximum Gasteiger partial charge on any atom is 0.105 e. The van der Waals surface area contributed by atoms with Crippen LogP contribution in [0.5, 0.6) is 0 Å². The Labute approximate surface area is 102 Å². The van der Waals surface area contributed by atoms with E-state index in [1.165, 1.54) is 11.3 Å². The van der Waals surface area contributed by atoms with Crippen LogP contribution in [0.25, 0.3) is 0 Å². The maximum atomic E-state index is 4.12. The van der Waals surface area contributed by atoms with Crippen molar-refractivity contribution in [3.05, 3.63) is 54.1 Å². The molecule has 0 bridgehead atoms. The van der Waals surface area contributed by atoms with Crippen molar-refractivity contribution in [3.63, 3.8) is 0 Å². The Bertz CT molecular complexity index is 414. The van der Waals surface area contributed by atoms with Crippen LogP contribution in [-0.4, -0.2) is 8.96 Å². The Morgan fingerprint density at radius 1 is 1.27 bits per heavy atom. The van der Waals surface area contributed by atoms with Gasteiger partial charge in [0.25, 0.3) is 0 Å². The summed E-state index contributed by atoms with van der Waals surface area (Å²) < 4.78 is 2.10. The second-order valence-corrected chi connectivity index (χ2v) is 4.60. The molecule has 0 spiro atoms. The van der Waals surface area contributed by atoms with Gasteiger partial charge < -0.3 is 0 Å². The molecule has 1 aromatic carbocycles. The lowest BCUT2D eigenvalue weighted by Crippen LogP contribution is -1.91. The molecule has 0 aliphatic carbocycles. The second kappa shape index (κ2) is 5.37. The maximum absolute atomic E-state index is 4.12. The molecule has 0 saturated carbocycles. The van der Waals surface area contributed by atoms with Crippen molar-refractivity contribution in [1.29, 1.82) is 0 Å². The van der Waals surface area contributed by atoms with Gasteiger partial charge >= 0.3 is 0 Å². The summed E-state index contributed by atoms with van der Waals surface area (Å²) in [6, 6.07) is 10.4. The Balaban J connectivity index is 1.99. The standard InChI is InChI=1S/C11H11BrN2S/c12-6-11-7-13-9-14(11)15-8-10-4-2-1-3-5-10/h1-5,7,9H,6,8H2. The molecule has 0 radical (unpaired) electrons. The molecule has 0 fully saturated rings. The van der Waals surface area contributed by atoms with Gasteiger partial charge in [-0.25, -0.2) is 4.98 Å². The van der Waals surface area contributed by atoms with Crippen LogP contribution in [0.2, 0.25) is 0 Å². The highest BCUT2D eigenvalue weighted by atomic mass is 79.9. The highest BCUT2D eigenvalue weighted by Crippen LogP contribution is 2.17. The number of halogens is 1. The van der Waals surface area contributed by atoms with Gasteiger partial charge in [-0.3, -0.25) is 3.97 Å². The number of imidazole rings is 1. The molecule has 0 atom stereocenters. The lowest BCUT2D eigenvalue weighted by atomic mass is 10.2. The largest absolute Gasteiger partial charge is 0.276 e. The zero-order valence-electron chi connectivity index (χ0n) is 8.14. The number of hydrogen-bond donors (Lipinski definition) is 0. The Hall–Kier alpha value is -0.740. The summed E-state index contributed by atoms with van der Waals surface area (Å²) in [5, 5.41) is 0.842. The summed E-state index contributed by atoms with van der Waals surface area (Å²) in [7, 11) is 0. The molecule has 0 aliphatic heterocycles. The van der Waals surface area contributed by atoms with E-state index in [4.69, 9.17) is 0 Å². The topological polar surface area (TPSA) is 17.8 Å². The SMILES string of the molecule is BrCc1cncn1SCc1ccccc1. The second-order valence-electron chi connectivity index (χ2n) is 3.10. The van der Waals surface area contributed by atoms with Crippen LogP contribution in [0.4, 0.5) is 0 Å². The Morgan fingerprint density at radius 3 is 2.80 bits per heavy atom. The smallest absolute Gasteiger partial charge is 0.105 e. The van der Waals surface area contributed by atoms with Crippen LogP contribution in [-0.2, 0) is 11.1 Å². The lowest BCUT2D eigenvalue weighted by molar-refractivity contribution is 1.14. The van der Waals surface area contributed by atoms with Gasteiger partial charge in [0, 0.05) is 17.3 Å². The fraction of sp³-hybridized carbons (Fsp3) is 0.182. The summed E-state index contributed by atoms with van der Waals surface area (Å²) in [5.41, 5.74) is 2.52. The van der Waals surface area contributed by atoms with E-state index < -0.39 is 0 Å². The molecule has 1 heterocycles. The van der Waals surface area contributed by atoms with Crippen LogP contribution in [0.1, 0.15) is 11.3 Å². The quantitative estimate of drug-likeness (QED) is 0.799. The van der Waals surface area contributed by atoms with Crippen LogP contribution >= 0.6 is 27.9 Å². The third-order valence-corrected chi connectivity index (χ3v) is 3.67. The predicted molar refractivity (Wildman–Crippen MR) is 68.0 cm³/mol. The van der Waals surface area contributed by atoms with Gasteiger partial charge in [0.2, 0.25) is 0 Å². The molecule has 0 aliphatic rings. The van der Waals surface area contributed by atoms with E-state index in [1.807, 2.05) is 18.6 Å². The number of nitrogens with zero attached hydrogens (tertiary/aromatic N) is 2. The minimum absolute atomic E-state index is 0.842. The third-order valence-electron chi connectivity index (χ3n) is 2.03. The van der Waals surface area contributed by atoms with Crippen molar-refractivity contribution in [3.8, 4) is 0 Å². The van der Waals surface area contributed by atoms with E-state index in [1.54, 1.807) is 11.9 Å². The van der Waals surface area contributed by atoms with Gasteiger partial charge in [0.05, 0.1) is 5.69 Å². The van der Waals surface area contributed by atoms with E-state index in [0.717, 1.165) is 11.1 Å². The first kappa shape index (κ1) is 10.8. The molecule has 1 aromatic heterocycles. The summed E-state index contributed by atoms with van der Waals surface area (Å²) in [6.45, 7) is 0. The molecule has 15 heavy (non-hydrogen) atoms. The number of rotatable bonds is 4. The highest BCUT2D eigenvalue weighted by Gasteiger charge is 2.00. The van der Waals surface area contributed by atoms with Crippen molar-refractivity contribution in [2.45, 2.75) is 11.1 Å². The van der Waals surface area contributed by atoms with Crippen molar-refractivity contribution < 1.29 is 0 Å². The van der Waals surface area contributed by atoms with Crippen molar-refractivity contribution in [2.24, 2.45) is 0 Å². The molecule has 4 heteroatoms. The highest BCUT2D eigenvalue weighted by molar-refractivity contribution is 9.08. The fourth-order valence-electron chi connectivity index (χ4n) is 1.24. The predicted octanol–water partition coefficient (Wildman–Crippen LogP) is 3.47. The summed E-state index contributed by atoms with van der Waals surface area (Å²) >= 11 is 5.20. The van der Waals surface area contributed by atoms with E-state index in [0.29, 0.717) is 0 Å². The van der Waals surface area contributed by atoms with E-state index in [2.05, 4.69) is 49.2 Å². The summed E-state index contributed by atoms with van der Waals surface area (Å²) in [5.74, 6) is 0.969. The van der Waals surface area contributed by atoms with Crippen LogP contribution in [0.15, 0.2) is 42.9 Å². The zero-order chi connectivity index (χ0) is 10.5. The molecule has 0 amide bonds. The molecule has 78 valence electrons. The van der Waals surface area contributed by atoms with E-state index >= 15 is 0 Å². The summed E-state index contributed by atoms with van der Waals surface area (Å²) in [4.78, 5) is 4.12. The Kier molecular flexibility index (Phi) is 3.86. The van der Waals surface area contributed by atoms with E-state index in [9.17, 15) is 0 Å². The van der Waals surface area contributed by atoms with Gasteiger partial charge in [-0.2, -0.15) is 0 Å². The fourth-order valence-corrected chi connectivity index (χ4v) is 2.70. The van der Waals surface area contributed by atoms with Gasteiger partial charge in [0.15, 0.2) is 0 Å². The molecule has 0 N–H and O–H groups in total. The average molecular weight is 283 g/mol. The van der Waals surface area contributed by atoms with E-state index in [-0.39, 0.29) is 0 Å². The number of alkyl halides is 1. The number of aromatic nitrogens is 2. The molecule has 0 saturated heterocycles. The normalized spacial score (nSPS) is 10.5. The van der Waals surface area contributed by atoms with Crippen molar-refractivity contribution in [2.75, 3.05) is 0 Å². The van der Waals surface area contributed by atoms with Gasteiger partial charge in [-0.05, 0) is 17.5 Å². The van der Waals surface area contributed by atoms with Gasteiger partial charge in [-0.15, -0.1) is 0 Å². The molecule has 2 nitrogen and oxygen atoms in total. The lowest BCUT2D eigenvalue weighted by Gasteiger charge is -2.04. The van der Waals surface area contributed by atoms with Gasteiger partial charge in [0.1, 0.15) is 6.33 Å². The molecular formula is C11H11BrN2S. The van der Waals surface area contributed by atoms with Gasteiger partial charge in [-0.1, -0.05) is 46.3 Å². The molecular weight excluding hydrogens is 272 g/mol. The first-order chi connectivity index (χ1) is 7.40. The van der Waals surface area contributed by atoms with Crippen LogP contribution in [0, 0.1) is 0 Å². The van der Waals surface area contributed by atoms with Crippen LogP contribution < -0.4 is 0 Å². The first-order valence-electron chi connectivity index (χ1n) is 4.64. The molecule has 0 unspecified atom stereocenters. The average Bonchev–Trinajstić information content (AvgIpc) is 2.75.